The largest absolute Gasteiger partial charge is 0.522 e. The van der Waals surface area contributed by atoms with Gasteiger partial charge in [-0.2, -0.15) is 5.10 Å². The summed E-state index contributed by atoms with van der Waals surface area (Å²) in [6.07, 6.45) is -4.14. The van der Waals surface area contributed by atoms with Crippen LogP contribution in [0.5, 0.6) is 11.5 Å². The fraction of sp³-hybridized carbons (Fsp3) is 0.300. The van der Waals surface area contributed by atoms with Crippen molar-refractivity contribution in [1.82, 2.24) is 20.0 Å². The van der Waals surface area contributed by atoms with Gasteiger partial charge in [0.1, 0.15) is 11.5 Å². The number of carbonyl (C=O) groups is 2. The van der Waals surface area contributed by atoms with Gasteiger partial charge in [0.2, 0.25) is 0 Å². The van der Waals surface area contributed by atoms with Crippen molar-refractivity contribution in [3.05, 3.63) is 88.6 Å². The number of amides is 2. The average molecular weight is 601 g/mol. The molecule has 0 radical (unpaired) electrons. The van der Waals surface area contributed by atoms with Crippen molar-refractivity contribution in [2.24, 2.45) is 5.92 Å². The van der Waals surface area contributed by atoms with Crippen LogP contribution >= 0.6 is 11.6 Å². The fourth-order valence-corrected chi connectivity index (χ4v) is 4.95. The van der Waals surface area contributed by atoms with Gasteiger partial charge in [-0.05, 0) is 80.1 Å². The molecule has 1 atom stereocenters. The predicted octanol–water partition coefficient (Wildman–Crippen LogP) is 6.22. The molecular formula is C30H28ClF3N4O4. The van der Waals surface area contributed by atoms with Gasteiger partial charge in [-0.3, -0.25) is 19.0 Å². The van der Waals surface area contributed by atoms with Crippen LogP contribution in [0.25, 0.3) is 10.9 Å². The first-order valence-corrected chi connectivity index (χ1v) is 13.7. The van der Waals surface area contributed by atoms with Gasteiger partial charge >= 0.3 is 6.36 Å². The number of aromatic nitrogens is 2. The molecule has 0 saturated carbocycles. The van der Waals surface area contributed by atoms with E-state index in [1.54, 1.807) is 77.2 Å². The molecule has 1 fully saturated rings. The van der Waals surface area contributed by atoms with Crippen LogP contribution < -0.4 is 10.1 Å². The monoisotopic (exact) mass is 600 g/mol. The SMILES string of the molecule is Cc1c(C(=O)NC[C@@H](C)OC(F)(F)F)ccc2nn(CC3CN(C(=O)c4ccc(Oc5ccc(Cl)cc5)cc4)C3)cc12. The average Bonchev–Trinajstić information content (AvgIpc) is 3.33. The minimum absolute atomic E-state index is 0.0589. The van der Waals surface area contributed by atoms with E-state index in [-0.39, 0.29) is 18.4 Å². The Balaban J connectivity index is 1.14. The Bertz CT molecular complexity index is 1580. The smallest absolute Gasteiger partial charge is 0.457 e. The molecule has 1 aliphatic rings. The quantitative estimate of drug-likeness (QED) is 0.247. The standard InChI is InChI=1S/C30H28ClF3N4O4/c1-18(42-30(32,33)34)13-35-28(39)25-11-12-27-26(19(25)2)17-38(36-27)16-20-14-37(15-20)29(40)21-3-7-23(8-4-21)41-24-9-5-22(31)6-10-24/h3-12,17-18,20H,13-16H2,1-2H3,(H,35,39)/t18-/m1/s1. The van der Waals surface area contributed by atoms with Crippen molar-refractivity contribution in [2.75, 3.05) is 19.6 Å². The summed E-state index contributed by atoms with van der Waals surface area (Å²) in [5.74, 6) is 0.930. The summed E-state index contributed by atoms with van der Waals surface area (Å²) < 4.78 is 48.6. The van der Waals surface area contributed by atoms with Crippen LogP contribution in [0.1, 0.15) is 33.2 Å². The van der Waals surface area contributed by atoms with Gasteiger partial charge in [0, 0.05) is 59.8 Å². The summed E-state index contributed by atoms with van der Waals surface area (Å²) >= 11 is 5.90. The van der Waals surface area contributed by atoms with Crippen LogP contribution in [0.2, 0.25) is 5.02 Å². The number of aryl methyl sites for hydroxylation is 1. The molecule has 8 nitrogen and oxygen atoms in total. The molecular weight excluding hydrogens is 573 g/mol. The van der Waals surface area contributed by atoms with Crippen molar-refractivity contribution in [1.29, 1.82) is 0 Å². The van der Waals surface area contributed by atoms with Crippen LogP contribution in [0.4, 0.5) is 13.2 Å². The molecule has 12 heteroatoms. The third-order valence-corrected chi connectivity index (χ3v) is 7.23. The first-order valence-electron chi connectivity index (χ1n) is 13.3. The van der Waals surface area contributed by atoms with E-state index in [9.17, 15) is 22.8 Å². The fourth-order valence-electron chi connectivity index (χ4n) is 4.82. The highest BCUT2D eigenvalue weighted by Gasteiger charge is 2.33. The highest BCUT2D eigenvalue weighted by molar-refractivity contribution is 6.30. The second-order valence-corrected chi connectivity index (χ2v) is 10.7. The van der Waals surface area contributed by atoms with Crippen LogP contribution in [0, 0.1) is 12.8 Å². The number of hydrogen-bond donors (Lipinski definition) is 1. The minimum atomic E-state index is -4.77. The Labute approximate surface area is 245 Å². The molecule has 42 heavy (non-hydrogen) atoms. The van der Waals surface area contributed by atoms with Crippen molar-refractivity contribution in [2.45, 2.75) is 32.9 Å². The van der Waals surface area contributed by atoms with Crippen LogP contribution in [-0.2, 0) is 11.3 Å². The number of benzene rings is 3. The lowest BCUT2D eigenvalue weighted by molar-refractivity contribution is -0.339. The van der Waals surface area contributed by atoms with Crippen molar-refractivity contribution in [3.8, 4) is 11.5 Å². The van der Waals surface area contributed by atoms with E-state index < -0.39 is 18.4 Å². The number of halogens is 4. The van der Waals surface area contributed by atoms with Gasteiger partial charge in [0.25, 0.3) is 11.8 Å². The molecule has 0 spiro atoms. The van der Waals surface area contributed by atoms with E-state index >= 15 is 0 Å². The summed E-state index contributed by atoms with van der Waals surface area (Å²) in [5, 5.41) is 8.49. The van der Waals surface area contributed by atoms with Crippen molar-refractivity contribution in [3.63, 3.8) is 0 Å². The van der Waals surface area contributed by atoms with E-state index in [4.69, 9.17) is 16.3 Å². The number of carbonyl (C=O) groups excluding carboxylic acids is 2. The number of hydrogen-bond acceptors (Lipinski definition) is 5. The lowest BCUT2D eigenvalue weighted by Gasteiger charge is -2.39. The summed E-state index contributed by atoms with van der Waals surface area (Å²) in [7, 11) is 0. The second-order valence-electron chi connectivity index (χ2n) is 10.3. The number of fused-ring (bicyclic) bond motifs is 1. The Morgan fingerprint density at radius 2 is 1.69 bits per heavy atom. The molecule has 1 saturated heterocycles. The van der Waals surface area contributed by atoms with E-state index in [1.807, 2.05) is 6.20 Å². The first-order chi connectivity index (χ1) is 19.9. The number of nitrogens with zero attached hydrogens (tertiary/aromatic N) is 3. The van der Waals surface area contributed by atoms with Gasteiger partial charge in [0.15, 0.2) is 0 Å². The highest BCUT2D eigenvalue weighted by Crippen LogP contribution is 2.27. The minimum Gasteiger partial charge on any atom is -0.457 e. The van der Waals surface area contributed by atoms with Gasteiger partial charge in [-0.15, -0.1) is 13.2 Å². The third kappa shape index (κ3) is 7.03. The number of nitrogens with one attached hydrogen (secondary N) is 1. The van der Waals surface area contributed by atoms with Gasteiger partial charge < -0.3 is 15.0 Å². The van der Waals surface area contributed by atoms with Gasteiger partial charge in [-0.1, -0.05) is 11.6 Å². The molecule has 0 aliphatic carbocycles. The van der Waals surface area contributed by atoms with E-state index in [0.29, 0.717) is 58.4 Å². The maximum atomic E-state index is 12.9. The predicted molar refractivity (Wildman–Crippen MR) is 151 cm³/mol. The number of ether oxygens (including phenoxy) is 2. The molecule has 2 heterocycles. The summed E-state index contributed by atoms with van der Waals surface area (Å²) in [6, 6.07) is 17.3. The summed E-state index contributed by atoms with van der Waals surface area (Å²) in [6.45, 7) is 4.49. The number of rotatable bonds is 9. The summed E-state index contributed by atoms with van der Waals surface area (Å²) in [5.41, 5.74) is 2.30. The molecule has 2 amide bonds. The zero-order chi connectivity index (χ0) is 30.0. The Morgan fingerprint density at radius 3 is 2.33 bits per heavy atom. The molecule has 0 unspecified atom stereocenters. The molecule has 1 N–H and O–H groups in total. The number of alkyl halides is 3. The van der Waals surface area contributed by atoms with Crippen LogP contribution in [0.3, 0.4) is 0 Å². The zero-order valence-corrected chi connectivity index (χ0v) is 23.6. The third-order valence-electron chi connectivity index (χ3n) is 6.98. The first kappa shape index (κ1) is 29.4. The molecule has 3 aromatic carbocycles. The molecule has 1 aromatic heterocycles. The normalized spacial score (nSPS) is 14.5. The molecule has 220 valence electrons. The topological polar surface area (TPSA) is 85.7 Å². The Morgan fingerprint density at radius 1 is 1.05 bits per heavy atom. The van der Waals surface area contributed by atoms with Crippen molar-refractivity contribution < 1.29 is 32.2 Å². The molecule has 4 aromatic rings. The summed E-state index contributed by atoms with van der Waals surface area (Å²) in [4.78, 5) is 27.3. The lowest BCUT2D eigenvalue weighted by atomic mass is 9.99. The molecule has 5 rings (SSSR count). The van der Waals surface area contributed by atoms with Crippen LogP contribution in [-0.4, -0.2) is 58.6 Å². The maximum Gasteiger partial charge on any atom is 0.522 e. The highest BCUT2D eigenvalue weighted by atomic mass is 35.5. The molecule has 1 aliphatic heterocycles. The van der Waals surface area contributed by atoms with Gasteiger partial charge in [-0.25, -0.2) is 0 Å². The molecule has 0 bridgehead atoms. The second kappa shape index (κ2) is 12.0. The van der Waals surface area contributed by atoms with E-state index in [2.05, 4.69) is 15.2 Å². The number of likely N-dealkylation sites (tertiary alicyclic amines) is 1. The van der Waals surface area contributed by atoms with Gasteiger partial charge in [0.05, 0.1) is 11.6 Å². The zero-order valence-electron chi connectivity index (χ0n) is 22.8. The Hall–Kier alpha value is -4.09. The van der Waals surface area contributed by atoms with Crippen LogP contribution in [0.15, 0.2) is 66.9 Å². The lowest BCUT2D eigenvalue weighted by Crippen LogP contribution is -2.51. The maximum absolute atomic E-state index is 12.9. The van der Waals surface area contributed by atoms with Crippen molar-refractivity contribution >= 4 is 34.3 Å². The van der Waals surface area contributed by atoms with E-state index in [1.165, 1.54) is 6.92 Å². The Kier molecular flexibility index (Phi) is 8.42. The van der Waals surface area contributed by atoms with E-state index in [0.717, 1.165) is 5.39 Å².